The van der Waals surface area contributed by atoms with Crippen molar-refractivity contribution in [3.05, 3.63) is 15.8 Å². The lowest BCUT2D eigenvalue weighted by molar-refractivity contribution is -0.384. The third kappa shape index (κ3) is 3.18. The van der Waals surface area contributed by atoms with Gasteiger partial charge in [-0.05, 0) is 13.8 Å². The number of aliphatic hydroxyl groups is 1. The molecule has 20 heavy (non-hydrogen) atoms. The molecule has 0 saturated carbocycles. The number of aromatic nitrogens is 2. The minimum absolute atomic E-state index is 0.0571. The molecule has 1 aromatic heterocycles. The fraction of sp³-hybridized carbons (Fsp3) is 0.700. The summed E-state index contributed by atoms with van der Waals surface area (Å²) in [4.78, 5) is 11.3. The molecule has 1 heterocycles. The highest BCUT2D eigenvalue weighted by Crippen LogP contribution is 2.32. The minimum Gasteiger partial charge on any atom is -0.382 e. The predicted molar refractivity (Wildman–Crippen MR) is 64.6 cm³/mol. The molecule has 1 N–H and O–H groups in total. The zero-order chi connectivity index (χ0) is 15.7. The van der Waals surface area contributed by atoms with E-state index < -0.39 is 23.7 Å². The molecule has 114 valence electrons. The van der Waals surface area contributed by atoms with Gasteiger partial charge < -0.3 is 10.0 Å². The first kappa shape index (κ1) is 16.2. The van der Waals surface area contributed by atoms with Gasteiger partial charge in [-0.2, -0.15) is 18.3 Å². The lowest BCUT2D eigenvalue weighted by Crippen LogP contribution is -2.40. The quantitative estimate of drug-likeness (QED) is 0.657. The van der Waals surface area contributed by atoms with E-state index in [-0.39, 0.29) is 23.7 Å². The summed E-state index contributed by atoms with van der Waals surface area (Å²) >= 11 is 0. The topological polar surface area (TPSA) is 84.4 Å². The number of nitrogens with zero attached hydrogens (tertiary/aromatic N) is 4. The molecule has 0 aliphatic rings. The molecule has 1 atom stereocenters. The van der Waals surface area contributed by atoms with E-state index in [0.29, 0.717) is 0 Å². The maximum Gasteiger partial charge on any atom is 0.416 e. The van der Waals surface area contributed by atoms with Gasteiger partial charge in [0.2, 0.25) is 5.82 Å². The average molecular weight is 296 g/mol. The van der Waals surface area contributed by atoms with E-state index in [1.807, 2.05) is 0 Å². The molecule has 10 heteroatoms. The van der Waals surface area contributed by atoms with Crippen LogP contribution in [-0.4, -0.2) is 45.7 Å². The van der Waals surface area contributed by atoms with Crippen molar-refractivity contribution in [3.8, 4) is 0 Å². The summed E-state index contributed by atoms with van der Waals surface area (Å²) in [5, 5.41) is 24.0. The summed E-state index contributed by atoms with van der Waals surface area (Å²) in [5.74, 6) is -0.0571. The zero-order valence-electron chi connectivity index (χ0n) is 11.2. The molecule has 7 nitrogen and oxygen atoms in total. The first-order chi connectivity index (χ1) is 9.09. The molecule has 0 fully saturated rings. The Hall–Kier alpha value is -1.84. The number of likely N-dealkylation sites (N-methyl/N-ethyl adjacent to an activating group) is 1. The lowest BCUT2D eigenvalue weighted by atomic mass is 10.3. The van der Waals surface area contributed by atoms with Crippen molar-refractivity contribution >= 4 is 11.5 Å². The van der Waals surface area contributed by atoms with Crippen molar-refractivity contribution in [2.45, 2.75) is 32.7 Å². The molecule has 0 bridgehead atoms. The Labute approximate surface area is 112 Å². The molecule has 0 spiro atoms. The molecule has 0 unspecified atom stereocenters. The van der Waals surface area contributed by atoms with E-state index >= 15 is 0 Å². The molecular weight excluding hydrogens is 281 g/mol. The third-order valence-electron chi connectivity index (χ3n) is 2.74. The number of hydrogen-bond acceptors (Lipinski definition) is 5. The highest BCUT2D eigenvalue weighted by molar-refractivity contribution is 5.61. The van der Waals surface area contributed by atoms with Crippen LogP contribution in [0.15, 0.2) is 0 Å². The summed E-state index contributed by atoms with van der Waals surface area (Å²) in [7, 11) is 1.24. The van der Waals surface area contributed by atoms with Gasteiger partial charge in [-0.25, -0.2) is 4.68 Å². The van der Waals surface area contributed by atoms with Gasteiger partial charge in [-0.15, -0.1) is 0 Å². The number of nitro groups is 1. The second-order valence-corrected chi connectivity index (χ2v) is 4.27. The van der Waals surface area contributed by atoms with Crippen molar-refractivity contribution in [1.82, 2.24) is 9.78 Å². The van der Waals surface area contributed by atoms with E-state index in [2.05, 4.69) is 5.10 Å². The number of rotatable bonds is 5. The highest BCUT2D eigenvalue weighted by Gasteiger charge is 2.40. The van der Waals surface area contributed by atoms with Crippen molar-refractivity contribution < 1.29 is 23.2 Å². The first-order valence-electron chi connectivity index (χ1n) is 5.77. The molecule has 0 radical (unpaired) electrons. The van der Waals surface area contributed by atoms with Crippen LogP contribution in [0.1, 0.15) is 12.6 Å². The van der Waals surface area contributed by atoms with Crippen LogP contribution in [0.25, 0.3) is 0 Å². The Morgan fingerprint density at radius 3 is 2.50 bits per heavy atom. The minimum atomic E-state index is -4.78. The Morgan fingerprint density at radius 2 is 2.10 bits per heavy atom. The van der Waals surface area contributed by atoms with Crippen LogP contribution in [0.5, 0.6) is 0 Å². The van der Waals surface area contributed by atoms with Crippen LogP contribution in [0.4, 0.5) is 24.7 Å². The summed E-state index contributed by atoms with van der Waals surface area (Å²) in [6, 6.07) is 0. The monoisotopic (exact) mass is 296 g/mol. The van der Waals surface area contributed by atoms with Gasteiger partial charge in [-0.3, -0.25) is 10.1 Å². The van der Waals surface area contributed by atoms with E-state index in [9.17, 15) is 23.3 Å². The fourth-order valence-electron chi connectivity index (χ4n) is 1.82. The number of aryl methyl sites for hydroxylation is 2. The van der Waals surface area contributed by atoms with Crippen LogP contribution in [0, 0.1) is 17.0 Å². The van der Waals surface area contributed by atoms with Gasteiger partial charge in [0.15, 0.2) is 6.10 Å². The third-order valence-corrected chi connectivity index (χ3v) is 2.74. The Kier molecular flexibility index (Phi) is 4.58. The SMILES string of the molecule is CCn1nc(C)c([N+](=O)[O-])c1N(C)C[C@H](O)C(F)(F)F. The lowest BCUT2D eigenvalue weighted by Gasteiger charge is -2.23. The fourth-order valence-corrected chi connectivity index (χ4v) is 1.82. The molecule has 0 aromatic carbocycles. The average Bonchev–Trinajstić information content (AvgIpc) is 2.64. The van der Waals surface area contributed by atoms with Crippen molar-refractivity contribution in [3.63, 3.8) is 0 Å². The molecule has 0 saturated heterocycles. The van der Waals surface area contributed by atoms with Crippen molar-refractivity contribution in [2.24, 2.45) is 0 Å². The Balaban J connectivity index is 3.15. The van der Waals surface area contributed by atoms with Crippen LogP contribution in [0.3, 0.4) is 0 Å². The van der Waals surface area contributed by atoms with Crippen LogP contribution >= 0.6 is 0 Å². The van der Waals surface area contributed by atoms with E-state index in [0.717, 1.165) is 4.90 Å². The molecule has 1 aromatic rings. The van der Waals surface area contributed by atoms with Crippen LogP contribution in [0.2, 0.25) is 0 Å². The number of alkyl halides is 3. The smallest absolute Gasteiger partial charge is 0.382 e. The molecule has 0 aliphatic carbocycles. The number of anilines is 1. The Bertz CT molecular complexity index is 501. The largest absolute Gasteiger partial charge is 0.416 e. The number of aliphatic hydroxyl groups excluding tert-OH is 1. The van der Waals surface area contributed by atoms with E-state index in [1.54, 1.807) is 6.92 Å². The van der Waals surface area contributed by atoms with Crippen molar-refractivity contribution in [2.75, 3.05) is 18.5 Å². The number of halogens is 3. The van der Waals surface area contributed by atoms with Crippen LogP contribution in [-0.2, 0) is 6.54 Å². The Morgan fingerprint density at radius 1 is 1.55 bits per heavy atom. The van der Waals surface area contributed by atoms with E-state index in [1.165, 1.54) is 18.7 Å². The normalized spacial score (nSPS) is 13.3. The molecule has 0 amide bonds. The first-order valence-corrected chi connectivity index (χ1v) is 5.77. The second kappa shape index (κ2) is 5.65. The molecular formula is C10H15F3N4O3. The van der Waals surface area contributed by atoms with Crippen molar-refractivity contribution in [1.29, 1.82) is 0 Å². The molecule has 0 aliphatic heterocycles. The van der Waals surface area contributed by atoms with Gasteiger partial charge >= 0.3 is 11.9 Å². The zero-order valence-corrected chi connectivity index (χ0v) is 11.2. The number of hydrogen-bond donors (Lipinski definition) is 1. The van der Waals surface area contributed by atoms with Gasteiger partial charge in [0.05, 0.1) is 11.5 Å². The summed E-state index contributed by atoms with van der Waals surface area (Å²) in [6.07, 6.45) is -7.37. The van der Waals surface area contributed by atoms with Gasteiger partial charge in [0, 0.05) is 13.6 Å². The van der Waals surface area contributed by atoms with Gasteiger partial charge in [-0.1, -0.05) is 0 Å². The highest BCUT2D eigenvalue weighted by atomic mass is 19.4. The van der Waals surface area contributed by atoms with E-state index in [4.69, 9.17) is 5.11 Å². The summed E-state index contributed by atoms with van der Waals surface area (Å²) in [5.41, 5.74) is -0.246. The van der Waals surface area contributed by atoms with Gasteiger partial charge in [0.1, 0.15) is 5.69 Å². The van der Waals surface area contributed by atoms with Gasteiger partial charge in [0.25, 0.3) is 0 Å². The standard InChI is InChI=1S/C10H15F3N4O3/c1-4-16-9(8(17(19)20)6(2)14-16)15(3)5-7(18)10(11,12)13/h7,18H,4-5H2,1-3H3/t7-/m0/s1. The van der Waals surface area contributed by atoms with Crippen LogP contribution < -0.4 is 4.90 Å². The maximum atomic E-state index is 12.3. The summed E-state index contributed by atoms with van der Waals surface area (Å²) in [6.45, 7) is 2.52. The predicted octanol–water partition coefficient (Wildman–Crippen LogP) is 1.48. The molecule has 1 rings (SSSR count). The summed E-state index contributed by atoms with van der Waals surface area (Å²) < 4.78 is 38.2. The maximum absolute atomic E-state index is 12.3. The second-order valence-electron chi connectivity index (χ2n) is 4.27.